The molecular weight excluding hydrogens is 268 g/mol. The van der Waals surface area contributed by atoms with Crippen LogP contribution in [0.5, 0.6) is 0 Å². The summed E-state index contributed by atoms with van der Waals surface area (Å²) < 4.78 is 0.793. The Hall–Kier alpha value is -0.130. The maximum absolute atomic E-state index is 9.02. The van der Waals surface area contributed by atoms with Gasteiger partial charge in [-0.1, -0.05) is 11.6 Å². The lowest BCUT2D eigenvalue weighted by Crippen LogP contribution is -2.43. The first-order chi connectivity index (χ1) is 8.47. The Morgan fingerprint density at radius 1 is 1.39 bits per heavy atom. The van der Waals surface area contributed by atoms with Gasteiger partial charge in [-0.3, -0.25) is 4.90 Å². The number of aliphatic hydroxyl groups is 1. The summed E-state index contributed by atoms with van der Waals surface area (Å²) >= 11 is 7.60. The number of nitrogens with two attached hydrogens (primary N) is 1. The third kappa shape index (κ3) is 4.21. The molecule has 3 nitrogen and oxygen atoms in total. The van der Waals surface area contributed by atoms with Crippen LogP contribution >= 0.6 is 22.9 Å². The number of halogens is 1. The van der Waals surface area contributed by atoms with Gasteiger partial charge in [-0.15, -0.1) is 11.3 Å². The SMILES string of the molecule is CC(N)C(c1ccc(Cl)s1)N(CCCO)C(C)C. The van der Waals surface area contributed by atoms with Gasteiger partial charge in [0.1, 0.15) is 0 Å². The molecule has 2 atom stereocenters. The lowest BCUT2D eigenvalue weighted by Gasteiger charge is -2.36. The van der Waals surface area contributed by atoms with E-state index in [0.29, 0.717) is 6.04 Å². The van der Waals surface area contributed by atoms with E-state index in [1.54, 1.807) is 11.3 Å². The third-order valence-corrected chi connectivity index (χ3v) is 4.28. The molecular formula is C13H23ClN2OS. The lowest BCUT2D eigenvalue weighted by molar-refractivity contribution is 0.125. The Balaban J connectivity index is 2.93. The molecule has 18 heavy (non-hydrogen) atoms. The standard InChI is InChI=1S/C13H23ClN2OS/c1-9(2)16(7-4-8-17)13(10(3)15)11-5-6-12(14)18-11/h5-6,9-10,13,17H,4,7-8,15H2,1-3H3. The summed E-state index contributed by atoms with van der Waals surface area (Å²) in [6.07, 6.45) is 0.764. The van der Waals surface area contributed by atoms with Crippen molar-refractivity contribution < 1.29 is 5.11 Å². The van der Waals surface area contributed by atoms with E-state index < -0.39 is 0 Å². The van der Waals surface area contributed by atoms with Crippen molar-refractivity contribution in [2.24, 2.45) is 5.73 Å². The monoisotopic (exact) mass is 290 g/mol. The van der Waals surface area contributed by atoms with E-state index in [0.717, 1.165) is 17.3 Å². The van der Waals surface area contributed by atoms with Crippen LogP contribution in [0, 0.1) is 0 Å². The maximum atomic E-state index is 9.02. The van der Waals surface area contributed by atoms with Crippen LogP contribution in [0.15, 0.2) is 12.1 Å². The van der Waals surface area contributed by atoms with Crippen LogP contribution in [0.3, 0.4) is 0 Å². The van der Waals surface area contributed by atoms with Crippen molar-refractivity contribution in [3.05, 3.63) is 21.3 Å². The number of thiophene rings is 1. The molecule has 104 valence electrons. The molecule has 0 radical (unpaired) electrons. The minimum absolute atomic E-state index is 0.0285. The summed E-state index contributed by atoms with van der Waals surface area (Å²) in [6, 6.07) is 4.54. The summed E-state index contributed by atoms with van der Waals surface area (Å²) in [5.41, 5.74) is 6.15. The van der Waals surface area contributed by atoms with Crippen LogP contribution in [-0.2, 0) is 0 Å². The molecule has 2 unspecified atom stereocenters. The second-order valence-electron chi connectivity index (χ2n) is 4.85. The van der Waals surface area contributed by atoms with E-state index in [1.165, 1.54) is 4.88 Å². The Morgan fingerprint density at radius 2 is 2.06 bits per heavy atom. The van der Waals surface area contributed by atoms with Gasteiger partial charge in [-0.05, 0) is 39.3 Å². The van der Waals surface area contributed by atoms with Crippen molar-refractivity contribution in [3.63, 3.8) is 0 Å². The van der Waals surface area contributed by atoms with Gasteiger partial charge in [0, 0.05) is 30.1 Å². The average Bonchev–Trinajstić information content (AvgIpc) is 2.69. The smallest absolute Gasteiger partial charge is 0.0931 e. The zero-order valence-electron chi connectivity index (χ0n) is 11.3. The van der Waals surface area contributed by atoms with Crippen molar-refractivity contribution in [2.75, 3.05) is 13.2 Å². The first-order valence-corrected chi connectivity index (χ1v) is 7.54. The van der Waals surface area contributed by atoms with Gasteiger partial charge < -0.3 is 10.8 Å². The van der Waals surface area contributed by atoms with Gasteiger partial charge in [-0.25, -0.2) is 0 Å². The molecule has 0 aliphatic rings. The van der Waals surface area contributed by atoms with E-state index in [4.69, 9.17) is 22.4 Å². The highest BCUT2D eigenvalue weighted by atomic mass is 35.5. The zero-order chi connectivity index (χ0) is 13.7. The molecule has 1 rings (SSSR count). The van der Waals surface area contributed by atoms with Gasteiger partial charge in [0.25, 0.3) is 0 Å². The van der Waals surface area contributed by atoms with Crippen LogP contribution in [0.25, 0.3) is 0 Å². The van der Waals surface area contributed by atoms with Crippen molar-refractivity contribution in [2.45, 2.75) is 45.3 Å². The molecule has 0 aromatic carbocycles. The van der Waals surface area contributed by atoms with Gasteiger partial charge >= 0.3 is 0 Å². The Morgan fingerprint density at radius 3 is 2.44 bits per heavy atom. The van der Waals surface area contributed by atoms with Crippen LogP contribution in [0.2, 0.25) is 4.34 Å². The average molecular weight is 291 g/mol. The molecule has 3 N–H and O–H groups in total. The number of rotatable bonds is 7. The predicted molar refractivity (Wildman–Crippen MR) is 79.3 cm³/mol. The van der Waals surface area contributed by atoms with Gasteiger partial charge in [0.2, 0.25) is 0 Å². The summed E-state index contributed by atoms with van der Waals surface area (Å²) in [5.74, 6) is 0. The van der Waals surface area contributed by atoms with Crippen LogP contribution in [-0.4, -0.2) is 35.2 Å². The second-order valence-corrected chi connectivity index (χ2v) is 6.60. The normalized spacial score (nSPS) is 15.3. The Bertz CT molecular complexity index is 355. The predicted octanol–water partition coefficient (Wildman–Crippen LogP) is 2.88. The highest BCUT2D eigenvalue weighted by Crippen LogP contribution is 2.33. The Kier molecular flexibility index (Phi) is 6.60. The first kappa shape index (κ1) is 15.9. The molecule has 0 bridgehead atoms. The molecule has 0 saturated heterocycles. The van der Waals surface area contributed by atoms with Crippen molar-refractivity contribution >= 4 is 22.9 Å². The number of aliphatic hydroxyl groups excluding tert-OH is 1. The molecule has 5 heteroatoms. The fourth-order valence-electron chi connectivity index (χ4n) is 2.18. The molecule has 0 saturated carbocycles. The second kappa shape index (κ2) is 7.46. The third-order valence-electron chi connectivity index (χ3n) is 2.98. The van der Waals surface area contributed by atoms with Gasteiger partial charge in [-0.2, -0.15) is 0 Å². The number of nitrogens with zero attached hydrogens (tertiary/aromatic N) is 1. The Labute approximate surface area is 119 Å². The van der Waals surface area contributed by atoms with Gasteiger partial charge in [0.15, 0.2) is 0 Å². The van der Waals surface area contributed by atoms with Crippen molar-refractivity contribution in [3.8, 4) is 0 Å². The van der Waals surface area contributed by atoms with Crippen LogP contribution in [0.4, 0.5) is 0 Å². The quantitative estimate of drug-likeness (QED) is 0.812. The van der Waals surface area contributed by atoms with E-state index in [9.17, 15) is 0 Å². The number of hydrogen-bond acceptors (Lipinski definition) is 4. The molecule has 0 amide bonds. The molecule has 1 aromatic rings. The molecule has 1 aromatic heterocycles. The maximum Gasteiger partial charge on any atom is 0.0931 e. The lowest BCUT2D eigenvalue weighted by atomic mass is 10.0. The van der Waals surface area contributed by atoms with Crippen molar-refractivity contribution in [1.82, 2.24) is 4.90 Å². The van der Waals surface area contributed by atoms with Crippen LogP contribution in [0.1, 0.15) is 38.1 Å². The van der Waals surface area contributed by atoms with E-state index >= 15 is 0 Å². The molecule has 1 heterocycles. The fourth-order valence-corrected chi connectivity index (χ4v) is 3.48. The fraction of sp³-hybridized carbons (Fsp3) is 0.692. The first-order valence-electron chi connectivity index (χ1n) is 6.34. The molecule has 0 aliphatic carbocycles. The molecule has 0 fully saturated rings. The minimum atomic E-state index is 0.0285. The van der Waals surface area contributed by atoms with E-state index in [-0.39, 0.29) is 18.7 Å². The van der Waals surface area contributed by atoms with Gasteiger partial charge in [0.05, 0.1) is 10.4 Å². The van der Waals surface area contributed by atoms with E-state index in [2.05, 4.69) is 24.8 Å². The zero-order valence-corrected chi connectivity index (χ0v) is 12.8. The topological polar surface area (TPSA) is 49.5 Å². The largest absolute Gasteiger partial charge is 0.396 e. The highest BCUT2D eigenvalue weighted by Gasteiger charge is 2.27. The molecule has 0 spiro atoms. The highest BCUT2D eigenvalue weighted by molar-refractivity contribution is 7.16. The number of hydrogen-bond donors (Lipinski definition) is 2. The summed E-state index contributed by atoms with van der Waals surface area (Å²) in [4.78, 5) is 3.53. The molecule has 0 aliphatic heterocycles. The van der Waals surface area contributed by atoms with E-state index in [1.807, 2.05) is 13.0 Å². The summed E-state index contributed by atoms with van der Waals surface area (Å²) in [5, 5.41) is 9.02. The van der Waals surface area contributed by atoms with Crippen LogP contribution < -0.4 is 5.73 Å². The minimum Gasteiger partial charge on any atom is -0.396 e. The summed E-state index contributed by atoms with van der Waals surface area (Å²) in [6.45, 7) is 7.38. The van der Waals surface area contributed by atoms with Crippen molar-refractivity contribution in [1.29, 1.82) is 0 Å². The summed E-state index contributed by atoms with van der Waals surface area (Å²) in [7, 11) is 0.